The van der Waals surface area contributed by atoms with Gasteiger partial charge in [-0.2, -0.15) is 0 Å². The number of hydrogen-bond acceptors (Lipinski definition) is 3. The SMILES string of the molecule is CCOc1cc(/C=C2/C(=O)Nc3ccccc32)cc(Br)c1OCc1ccccc1. The quantitative estimate of drug-likeness (QED) is 0.475. The molecule has 0 aliphatic carbocycles. The minimum atomic E-state index is -0.107. The summed E-state index contributed by atoms with van der Waals surface area (Å²) >= 11 is 3.60. The third-order valence-corrected chi connectivity index (χ3v) is 5.17. The van der Waals surface area contributed by atoms with Gasteiger partial charge in [0, 0.05) is 16.8 Å². The number of rotatable bonds is 6. The molecule has 3 aromatic carbocycles. The Bertz CT molecular complexity index is 1080. The lowest BCUT2D eigenvalue weighted by Gasteiger charge is -2.15. The molecule has 0 atom stereocenters. The number of nitrogens with one attached hydrogen (secondary N) is 1. The van der Waals surface area contributed by atoms with Crippen molar-refractivity contribution in [3.8, 4) is 11.5 Å². The summed E-state index contributed by atoms with van der Waals surface area (Å²) in [5.74, 6) is 1.18. The lowest BCUT2D eigenvalue weighted by Crippen LogP contribution is -2.04. The van der Waals surface area contributed by atoms with Crippen LogP contribution in [-0.4, -0.2) is 12.5 Å². The van der Waals surface area contributed by atoms with E-state index in [1.54, 1.807) is 0 Å². The number of carbonyl (C=O) groups is 1. The average Bonchev–Trinajstić information content (AvgIpc) is 3.04. The first-order valence-corrected chi connectivity index (χ1v) is 10.2. The normalized spacial score (nSPS) is 13.9. The number of carbonyl (C=O) groups excluding carboxylic acids is 1. The first-order chi connectivity index (χ1) is 14.2. The number of fused-ring (bicyclic) bond motifs is 1. The van der Waals surface area contributed by atoms with Crippen molar-refractivity contribution in [1.82, 2.24) is 0 Å². The van der Waals surface area contributed by atoms with Crippen molar-refractivity contribution in [2.75, 3.05) is 11.9 Å². The fraction of sp³-hybridized carbons (Fsp3) is 0.125. The molecule has 0 aromatic heterocycles. The molecule has 4 rings (SSSR count). The van der Waals surface area contributed by atoms with Crippen LogP contribution in [0.25, 0.3) is 11.6 Å². The van der Waals surface area contributed by atoms with Crippen molar-refractivity contribution in [2.24, 2.45) is 0 Å². The van der Waals surface area contributed by atoms with Crippen molar-refractivity contribution in [1.29, 1.82) is 0 Å². The molecule has 3 aromatic rings. The Morgan fingerprint density at radius 2 is 1.76 bits per heavy atom. The summed E-state index contributed by atoms with van der Waals surface area (Å²) < 4.78 is 12.6. The molecule has 29 heavy (non-hydrogen) atoms. The zero-order chi connectivity index (χ0) is 20.2. The second-order valence-electron chi connectivity index (χ2n) is 6.59. The predicted molar refractivity (Wildman–Crippen MR) is 119 cm³/mol. The van der Waals surface area contributed by atoms with Crippen molar-refractivity contribution >= 4 is 39.2 Å². The third kappa shape index (κ3) is 4.20. The molecule has 146 valence electrons. The first-order valence-electron chi connectivity index (χ1n) is 9.41. The smallest absolute Gasteiger partial charge is 0.256 e. The second kappa shape index (κ2) is 8.53. The van der Waals surface area contributed by atoms with Gasteiger partial charge in [-0.3, -0.25) is 4.79 Å². The molecule has 1 heterocycles. The summed E-state index contributed by atoms with van der Waals surface area (Å²) in [5, 5.41) is 2.90. The van der Waals surface area contributed by atoms with Gasteiger partial charge in [0.2, 0.25) is 0 Å². The van der Waals surface area contributed by atoms with Gasteiger partial charge in [0.05, 0.1) is 11.1 Å². The molecule has 0 fully saturated rings. The maximum atomic E-state index is 12.4. The molecule has 0 spiro atoms. The van der Waals surface area contributed by atoms with E-state index < -0.39 is 0 Å². The van der Waals surface area contributed by atoms with Crippen LogP contribution >= 0.6 is 15.9 Å². The van der Waals surface area contributed by atoms with Crippen LogP contribution < -0.4 is 14.8 Å². The largest absolute Gasteiger partial charge is 0.490 e. The van der Waals surface area contributed by atoms with Crippen LogP contribution in [0.3, 0.4) is 0 Å². The maximum Gasteiger partial charge on any atom is 0.256 e. The van der Waals surface area contributed by atoms with Crippen molar-refractivity contribution < 1.29 is 14.3 Å². The summed E-state index contributed by atoms with van der Waals surface area (Å²) in [5.41, 5.74) is 4.29. The molecule has 0 saturated heterocycles. The summed E-state index contributed by atoms with van der Waals surface area (Å²) in [6, 6.07) is 21.5. The molecule has 1 aliphatic rings. The van der Waals surface area contributed by atoms with E-state index in [1.807, 2.05) is 79.7 Å². The van der Waals surface area contributed by atoms with Gasteiger partial charge in [0.25, 0.3) is 5.91 Å². The van der Waals surface area contributed by atoms with Crippen LogP contribution in [0, 0.1) is 0 Å². The van der Waals surface area contributed by atoms with Crippen LogP contribution in [0.1, 0.15) is 23.6 Å². The molecule has 1 aliphatic heterocycles. The van der Waals surface area contributed by atoms with Gasteiger partial charge in [-0.15, -0.1) is 0 Å². The third-order valence-electron chi connectivity index (χ3n) is 4.58. The molecule has 1 N–H and O–H groups in total. The monoisotopic (exact) mass is 449 g/mol. The van der Waals surface area contributed by atoms with Crippen molar-refractivity contribution in [3.63, 3.8) is 0 Å². The van der Waals surface area contributed by atoms with Gasteiger partial charge in [0.15, 0.2) is 11.5 Å². The molecule has 1 amide bonds. The number of halogens is 1. The van der Waals surface area contributed by atoms with Crippen LogP contribution in [0.2, 0.25) is 0 Å². The van der Waals surface area contributed by atoms with E-state index in [0.29, 0.717) is 30.3 Å². The minimum absolute atomic E-state index is 0.107. The summed E-state index contributed by atoms with van der Waals surface area (Å²) in [7, 11) is 0. The Kier molecular flexibility index (Phi) is 5.67. The van der Waals surface area contributed by atoms with E-state index in [2.05, 4.69) is 21.2 Å². The zero-order valence-corrected chi connectivity index (χ0v) is 17.5. The van der Waals surface area contributed by atoms with Gasteiger partial charge in [-0.05, 0) is 58.3 Å². The van der Waals surface area contributed by atoms with Crippen LogP contribution in [0.4, 0.5) is 5.69 Å². The highest BCUT2D eigenvalue weighted by Crippen LogP contribution is 2.39. The van der Waals surface area contributed by atoms with E-state index in [-0.39, 0.29) is 5.91 Å². The molecular formula is C24H20BrNO3. The fourth-order valence-electron chi connectivity index (χ4n) is 3.25. The Labute approximate surface area is 178 Å². The molecule has 0 unspecified atom stereocenters. The fourth-order valence-corrected chi connectivity index (χ4v) is 3.83. The van der Waals surface area contributed by atoms with E-state index in [4.69, 9.17) is 9.47 Å². The summed E-state index contributed by atoms with van der Waals surface area (Å²) in [6.07, 6.45) is 1.87. The molecule has 4 nitrogen and oxygen atoms in total. The van der Waals surface area contributed by atoms with Crippen molar-refractivity contribution in [2.45, 2.75) is 13.5 Å². The molecule has 0 saturated carbocycles. The van der Waals surface area contributed by atoms with Gasteiger partial charge < -0.3 is 14.8 Å². The number of para-hydroxylation sites is 1. The van der Waals surface area contributed by atoms with Gasteiger partial charge in [-0.1, -0.05) is 48.5 Å². The topological polar surface area (TPSA) is 47.6 Å². The molecular weight excluding hydrogens is 430 g/mol. The highest BCUT2D eigenvalue weighted by molar-refractivity contribution is 9.10. The highest BCUT2D eigenvalue weighted by atomic mass is 79.9. The van der Waals surface area contributed by atoms with Gasteiger partial charge >= 0.3 is 0 Å². The number of amides is 1. The number of benzene rings is 3. The Morgan fingerprint density at radius 3 is 2.55 bits per heavy atom. The molecule has 0 bridgehead atoms. The Balaban J connectivity index is 1.66. The molecule has 0 radical (unpaired) electrons. The Hall–Kier alpha value is -3.05. The highest BCUT2D eigenvalue weighted by Gasteiger charge is 2.23. The zero-order valence-electron chi connectivity index (χ0n) is 15.9. The first kappa shape index (κ1) is 19.3. The summed E-state index contributed by atoms with van der Waals surface area (Å²) in [6.45, 7) is 2.88. The van der Waals surface area contributed by atoms with Gasteiger partial charge in [-0.25, -0.2) is 0 Å². The number of ether oxygens (including phenoxy) is 2. The van der Waals surface area contributed by atoms with Crippen molar-refractivity contribution in [3.05, 3.63) is 87.9 Å². The van der Waals surface area contributed by atoms with Crippen LogP contribution in [0.5, 0.6) is 11.5 Å². The number of anilines is 1. The molecule has 5 heteroatoms. The van der Waals surface area contributed by atoms with E-state index >= 15 is 0 Å². The van der Waals surface area contributed by atoms with Crippen LogP contribution in [-0.2, 0) is 11.4 Å². The predicted octanol–water partition coefficient (Wildman–Crippen LogP) is 5.92. The lowest BCUT2D eigenvalue weighted by molar-refractivity contribution is -0.110. The number of hydrogen-bond donors (Lipinski definition) is 1. The van der Waals surface area contributed by atoms with E-state index in [0.717, 1.165) is 26.9 Å². The summed E-state index contributed by atoms with van der Waals surface area (Å²) in [4.78, 5) is 12.4. The Morgan fingerprint density at radius 1 is 1.00 bits per heavy atom. The van der Waals surface area contributed by atoms with Crippen LogP contribution in [0.15, 0.2) is 71.2 Å². The van der Waals surface area contributed by atoms with Gasteiger partial charge in [0.1, 0.15) is 6.61 Å². The standard InChI is InChI=1S/C24H20BrNO3/c1-2-28-22-14-17(12-19-18-10-6-7-11-21(18)26-24(19)27)13-20(25)23(22)29-15-16-8-4-3-5-9-16/h3-14H,2,15H2,1H3,(H,26,27)/b19-12+. The maximum absolute atomic E-state index is 12.4. The lowest BCUT2D eigenvalue weighted by atomic mass is 10.0. The minimum Gasteiger partial charge on any atom is -0.490 e. The second-order valence-corrected chi connectivity index (χ2v) is 7.45. The average molecular weight is 450 g/mol. The van der Waals surface area contributed by atoms with E-state index in [9.17, 15) is 4.79 Å². The van der Waals surface area contributed by atoms with E-state index in [1.165, 1.54) is 0 Å².